The minimum absolute atomic E-state index is 0. The monoisotopic (exact) mass is 854 g/mol. The maximum absolute atomic E-state index is 6.39. The quantitative estimate of drug-likeness (QED) is 0.162. The molecule has 5 heteroatoms. The molecule has 1 radical (unpaired) electrons. The van der Waals surface area contributed by atoms with Gasteiger partial charge in [-0.1, -0.05) is 74.9 Å². The van der Waals surface area contributed by atoms with E-state index in [0.29, 0.717) is 0 Å². The van der Waals surface area contributed by atoms with Crippen LogP contribution in [-0.2, 0) is 25.5 Å². The Hall–Kier alpha value is -5.48. The minimum atomic E-state index is 0. The molecule has 0 spiro atoms. The van der Waals surface area contributed by atoms with Crippen molar-refractivity contribution in [1.82, 2.24) is 15.0 Å². The number of hydrogen-bond donors (Lipinski definition) is 0. The van der Waals surface area contributed by atoms with Crippen molar-refractivity contribution in [3.05, 3.63) is 175 Å². The third kappa shape index (κ3) is 8.34. The van der Waals surface area contributed by atoms with Crippen LogP contribution < -0.4 is 0 Å². The molecule has 0 saturated carbocycles. The number of nitrogens with zero attached hydrogens (tertiary/aromatic N) is 3. The molecule has 0 N–H and O–H groups in total. The standard InChI is InChI=1S/C36H31N2O.C11H8N.Ir/c1-23-15-16-37-33(17-23)27-12-7-10-25(18-27)30-20-28-21-35(32-14-6-9-24(2)38-32)39-34(28)22-31(30)26-11-8-13-29(19-26)36(3,4)5;1-2-6-10(7-3-1)11-8-4-5-9-12-11;/h6-11,13-22H,1-5H3;1-6,8-9H;/q2*-1;. The minimum Gasteiger partial charge on any atom is -0.454 e. The maximum atomic E-state index is 6.39. The zero-order valence-electron chi connectivity index (χ0n) is 29.9. The van der Waals surface area contributed by atoms with Crippen molar-refractivity contribution >= 4 is 11.0 Å². The van der Waals surface area contributed by atoms with Gasteiger partial charge in [-0.05, 0) is 95.4 Å². The first-order valence-corrected chi connectivity index (χ1v) is 17.2. The van der Waals surface area contributed by atoms with Crippen LogP contribution in [0.2, 0.25) is 0 Å². The van der Waals surface area contributed by atoms with Crippen LogP contribution in [-0.4, -0.2) is 15.0 Å². The predicted molar refractivity (Wildman–Crippen MR) is 209 cm³/mol. The fourth-order valence-electron chi connectivity index (χ4n) is 6.06. The average molecular weight is 854 g/mol. The fraction of sp³-hybridized carbons (Fsp3) is 0.128. The first kappa shape index (κ1) is 36.3. The number of pyridine rings is 3. The Morgan fingerprint density at radius 2 is 1.33 bits per heavy atom. The van der Waals surface area contributed by atoms with Gasteiger partial charge in [-0.2, -0.15) is 0 Å². The molecule has 8 rings (SSSR count). The second kappa shape index (κ2) is 15.8. The van der Waals surface area contributed by atoms with Gasteiger partial charge in [0.15, 0.2) is 5.76 Å². The van der Waals surface area contributed by atoms with Gasteiger partial charge in [0.05, 0.1) is 0 Å². The topological polar surface area (TPSA) is 51.8 Å². The Labute approximate surface area is 320 Å². The molecule has 8 aromatic rings. The van der Waals surface area contributed by atoms with E-state index in [2.05, 4.69) is 115 Å². The van der Waals surface area contributed by atoms with E-state index < -0.39 is 0 Å². The van der Waals surface area contributed by atoms with Crippen molar-refractivity contribution < 1.29 is 24.5 Å². The van der Waals surface area contributed by atoms with Crippen LogP contribution in [0.1, 0.15) is 37.6 Å². The molecule has 0 unspecified atom stereocenters. The first-order chi connectivity index (χ1) is 24.7. The van der Waals surface area contributed by atoms with Gasteiger partial charge in [-0.3, -0.25) is 0 Å². The number of furan rings is 1. The molecule has 4 aromatic carbocycles. The van der Waals surface area contributed by atoms with Crippen LogP contribution >= 0.6 is 0 Å². The van der Waals surface area contributed by atoms with Crippen LogP contribution in [0.25, 0.3) is 67.2 Å². The van der Waals surface area contributed by atoms with Gasteiger partial charge in [-0.15, -0.1) is 71.3 Å². The second-order valence-corrected chi connectivity index (χ2v) is 13.7. The Kier molecular flexibility index (Phi) is 11.0. The molecule has 0 aliphatic rings. The number of aromatic nitrogens is 3. The van der Waals surface area contributed by atoms with Gasteiger partial charge in [0, 0.05) is 43.6 Å². The average Bonchev–Trinajstić information content (AvgIpc) is 3.59. The molecule has 4 aromatic heterocycles. The summed E-state index contributed by atoms with van der Waals surface area (Å²) >= 11 is 0. The summed E-state index contributed by atoms with van der Waals surface area (Å²) in [6.07, 6.45) is 3.64. The van der Waals surface area contributed by atoms with Crippen LogP contribution in [0.15, 0.2) is 150 Å². The fourth-order valence-corrected chi connectivity index (χ4v) is 6.06. The molecule has 0 aliphatic carbocycles. The summed E-state index contributed by atoms with van der Waals surface area (Å²) in [6.45, 7) is 10.8. The Morgan fingerprint density at radius 1 is 0.577 bits per heavy atom. The Balaban J connectivity index is 0.000000302. The molecular formula is C47H39IrN3O-2. The molecule has 0 fully saturated rings. The number of rotatable bonds is 5. The summed E-state index contributed by atoms with van der Waals surface area (Å²) in [6, 6.07) is 52.0. The Bertz CT molecular complexity index is 2390. The van der Waals surface area contributed by atoms with Crippen molar-refractivity contribution in [2.24, 2.45) is 0 Å². The van der Waals surface area contributed by atoms with Crippen molar-refractivity contribution in [2.45, 2.75) is 40.0 Å². The van der Waals surface area contributed by atoms with Gasteiger partial charge in [0.2, 0.25) is 0 Å². The molecule has 4 heterocycles. The van der Waals surface area contributed by atoms with Crippen molar-refractivity contribution in [1.29, 1.82) is 0 Å². The molecule has 0 amide bonds. The molecule has 0 bridgehead atoms. The Morgan fingerprint density at radius 3 is 2.08 bits per heavy atom. The molecule has 259 valence electrons. The van der Waals surface area contributed by atoms with E-state index in [4.69, 9.17) is 4.42 Å². The van der Waals surface area contributed by atoms with E-state index in [1.54, 1.807) is 6.20 Å². The maximum Gasteiger partial charge on any atom is 0.153 e. The van der Waals surface area contributed by atoms with Crippen molar-refractivity contribution in [2.75, 3.05) is 0 Å². The summed E-state index contributed by atoms with van der Waals surface area (Å²) in [5.41, 5.74) is 13.6. The molecule has 0 saturated heterocycles. The van der Waals surface area contributed by atoms with E-state index in [9.17, 15) is 0 Å². The van der Waals surface area contributed by atoms with Gasteiger partial charge in [0.1, 0.15) is 11.3 Å². The smallest absolute Gasteiger partial charge is 0.153 e. The van der Waals surface area contributed by atoms with E-state index in [-0.39, 0.29) is 25.5 Å². The predicted octanol–water partition coefficient (Wildman–Crippen LogP) is 12.2. The van der Waals surface area contributed by atoms with E-state index in [0.717, 1.165) is 72.9 Å². The van der Waals surface area contributed by atoms with Crippen LogP contribution in [0.4, 0.5) is 0 Å². The zero-order valence-corrected chi connectivity index (χ0v) is 32.3. The van der Waals surface area contributed by atoms with Crippen molar-refractivity contribution in [3.63, 3.8) is 0 Å². The summed E-state index contributed by atoms with van der Waals surface area (Å²) in [5, 5.41) is 1.04. The number of fused-ring (bicyclic) bond motifs is 1. The molecule has 0 aliphatic heterocycles. The largest absolute Gasteiger partial charge is 0.454 e. The second-order valence-electron chi connectivity index (χ2n) is 13.7. The van der Waals surface area contributed by atoms with Crippen LogP contribution in [0.3, 0.4) is 0 Å². The summed E-state index contributed by atoms with van der Waals surface area (Å²) in [4.78, 5) is 13.5. The van der Waals surface area contributed by atoms with Crippen molar-refractivity contribution in [3.8, 4) is 56.2 Å². The van der Waals surface area contributed by atoms with Gasteiger partial charge >= 0.3 is 0 Å². The van der Waals surface area contributed by atoms with Gasteiger partial charge in [0.25, 0.3) is 0 Å². The SMILES string of the molecule is Cc1ccnc(-c2[c-]ccc(-c3cc4cc(-c5cccc(C)n5)oc4cc3-c3cccc(C(C)(C)C)c3)c2)c1.[Ir].[c-]1ccccc1-c1ccccn1. The number of aryl methyl sites for hydroxylation is 2. The van der Waals surface area contributed by atoms with Gasteiger partial charge in [-0.25, -0.2) is 4.98 Å². The van der Waals surface area contributed by atoms with Crippen LogP contribution in [0.5, 0.6) is 0 Å². The van der Waals surface area contributed by atoms with E-state index >= 15 is 0 Å². The zero-order chi connectivity index (χ0) is 35.4. The molecular weight excluding hydrogens is 815 g/mol. The van der Waals surface area contributed by atoms with E-state index in [1.807, 2.05) is 85.9 Å². The number of benzene rings is 4. The molecule has 4 nitrogen and oxygen atoms in total. The summed E-state index contributed by atoms with van der Waals surface area (Å²) in [7, 11) is 0. The van der Waals surface area contributed by atoms with Crippen LogP contribution in [0, 0.1) is 26.0 Å². The molecule has 0 atom stereocenters. The van der Waals surface area contributed by atoms with Gasteiger partial charge < -0.3 is 14.4 Å². The summed E-state index contributed by atoms with van der Waals surface area (Å²) in [5.74, 6) is 0.770. The third-order valence-electron chi connectivity index (χ3n) is 8.79. The summed E-state index contributed by atoms with van der Waals surface area (Å²) < 4.78 is 6.39. The van der Waals surface area contributed by atoms with E-state index in [1.165, 1.54) is 11.1 Å². The number of hydrogen-bond acceptors (Lipinski definition) is 4. The third-order valence-corrected chi connectivity index (χ3v) is 8.79. The molecule has 52 heavy (non-hydrogen) atoms. The first-order valence-electron chi connectivity index (χ1n) is 17.2. The normalized spacial score (nSPS) is 11.0.